The van der Waals surface area contributed by atoms with E-state index in [-0.39, 0.29) is 0 Å². The van der Waals surface area contributed by atoms with Gasteiger partial charge in [-0.15, -0.1) is 11.3 Å². The Bertz CT molecular complexity index is 331. The Hall–Kier alpha value is 0.620. The van der Waals surface area contributed by atoms with Crippen molar-refractivity contribution in [1.29, 1.82) is 0 Å². The molecule has 0 spiro atoms. The molecular formula is C11H14Br2OS. The van der Waals surface area contributed by atoms with Gasteiger partial charge in [0.25, 0.3) is 0 Å². The van der Waals surface area contributed by atoms with Crippen molar-refractivity contribution in [2.75, 3.05) is 13.2 Å². The highest BCUT2D eigenvalue weighted by molar-refractivity contribution is 9.11. The van der Waals surface area contributed by atoms with Crippen molar-refractivity contribution in [1.82, 2.24) is 0 Å². The number of alkyl halides is 1. The maximum atomic E-state index is 5.39. The summed E-state index contributed by atoms with van der Waals surface area (Å²) in [5.41, 5.74) is 0. The van der Waals surface area contributed by atoms with E-state index < -0.39 is 0 Å². The van der Waals surface area contributed by atoms with E-state index in [0.717, 1.165) is 13.2 Å². The predicted octanol–water partition coefficient (Wildman–Crippen LogP) is 4.68. The van der Waals surface area contributed by atoms with Crippen molar-refractivity contribution in [3.63, 3.8) is 0 Å². The summed E-state index contributed by atoms with van der Waals surface area (Å²) in [6.45, 7) is 3.98. The summed E-state index contributed by atoms with van der Waals surface area (Å²) in [6, 6.07) is 2.20. The number of halogens is 2. The third kappa shape index (κ3) is 2.84. The molecule has 1 nitrogen and oxygen atoms in total. The van der Waals surface area contributed by atoms with Crippen LogP contribution in [0.3, 0.4) is 0 Å². The van der Waals surface area contributed by atoms with E-state index in [1.54, 1.807) is 0 Å². The summed E-state index contributed by atoms with van der Waals surface area (Å²) < 4.78 is 6.64. The Labute approximate surface area is 111 Å². The fourth-order valence-corrected chi connectivity index (χ4v) is 5.24. The first-order chi connectivity index (χ1) is 7.18. The number of thiophene rings is 1. The molecule has 2 rings (SSSR count). The van der Waals surface area contributed by atoms with Crippen LogP contribution in [0.4, 0.5) is 0 Å². The molecule has 4 heteroatoms. The molecule has 1 saturated heterocycles. The lowest BCUT2D eigenvalue weighted by Crippen LogP contribution is -2.18. The van der Waals surface area contributed by atoms with Crippen LogP contribution in [0, 0.1) is 12.8 Å². The van der Waals surface area contributed by atoms with Gasteiger partial charge in [-0.05, 0) is 47.7 Å². The molecule has 1 fully saturated rings. The Balaban J connectivity index is 2.12. The molecule has 0 amide bonds. The zero-order valence-electron chi connectivity index (χ0n) is 8.63. The topological polar surface area (TPSA) is 9.23 Å². The van der Waals surface area contributed by atoms with Crippen LogP contribution >= 0.6 is 43.2 Å². The summed E-state index contributed by atoms with van der Waals surface area (Å²) >= 11 is 9.35. The van der Waals surface area contributed by atoms with Crippen molar-refractivity contribution in [3.8, 4) is 0 Å². The average Bonchev–Trinajstić information content (AvgIpc) is 2.58. The van der Waals surface area contributed by atoms with E-state index in [1.165, 1.54) is 27.1 Å². The molecule has 1 aliphatic rings. The number of aryl methyl sites for hydroxylation is 1. The summed E-state index contributed by atoms with van der Waals surface area (Å²) in [4.78, 5) is 3.28. The Morgan fingerprint density at radius 3 is 2.67 bits per heavy atom. The monoisotopic (exact) mass is 352 g/mol. The van der Waals surface area contributed by atoms with Gasteiger partial charge in [-0.1, -0.05) is 15.9 Å². The lowest BCUT2D eigenvalue weighted by atomic mass is 9.96. The third-order valence-corrected chi connectivity index (χ3v) is 6.33. The normalized spacial score (nSPS) is 20.5. The number of hydrogen-bond donors (Lipinski definition) is 0. The smallest absolute Gasteiger partial charge is 0.0530 e. The van der Waals surface area contributed by atoms with Crippen LogP contribution < -0.4 is 0 Å². The van der Waals surface area contributed by atoms with Crippen LogP contribution in [0.5, 0.6) is 0 Å². The van der Waals surface area contributed by atoms with Crippen molar-refractivity contribution < 1.29 is 4.74 Å². The molecular weight excluding hydrogens is 340 g/mol. The van der Waals surface area contributed by atoms with Gasteiger partial charge in [0.15, 0.2) is 0 Å². The van der Waals surface area contributed by atoms with Crippen molar-refractivity contribution >= 4 is 43.2 Å². The number of hydrogen-bond acceptors (Lipinski definition) is 2. The predicted molar refractivity (Wildman–Crippen MR) is 72.0 cm³/mol. The SMILES string of the molecule is Cc1cc(Br)c(C(Br)C2CCOCC2)s1. The highest BCUT2D eigenvalue weighted by Gasteiger charge is 2.25. The molecule has 1 aliphatic heterocycles. The Morgan fingerprint density at radius 1 is 1.47 bits per heavy atom. The van der Waals surface area contributed by atoms with Gasteiger partial charge in [0, 0.05) is 27.4 Å². The first-order valence-corrected chi connectivity index (χ1v) is 7.68. The van der Waals surface area contributed by atoms with Crippen LogP contribution in [0.15, 0.2) is 10.5 Å². The summed E-state index contributed by atoms with van der Waals surface area (Å²) in [5, 5.41) is 0. The van der Waals surface area contributed by atoms with Gasteiger partial charge in [0.1, 0.15) is 0 Å². The maximum absolute atomic E-state index is 5.39. The molecule has 0 aliphatic carbocycles. The van der Waals surface area contributed by atoms with Crippen molar-refractivity contribution in [3.05, 3.63) is 20.3 Å². The molecule has 1 unspecified atom stereocenters. The van der Waals surface area contributed by atoms with Gasteiger partial charge in [0.05, 0.1) is 4.83 Å². The van der Waals surface area contributed by atoms with Crippen molar-refractivity contribution in [2.24, 2.45) is 5.92 Å². The molecule has 0 N–H and O–H groups in total. The minimum Gasteiger partial charge on any atom is -0.381 e. The van der Waals surface area contributed by atoms with Gasteiger partial charge in [-0.2, -0.15) is 0 Å². The molecule has 0 saturated carbocycles. The van der Waals surface area contributed by atoms with Crippen LogP contribution in [0.25, 0.3) is 0 Å². The molecule has 84 valence electrons. The maximum Gasteiger partial charge on any atom is 0.0530 e. The molecule has 2 heterocycles. The molecule has 0 aromatic carbocycles. The van der Waals surface area contributed by atoms with E-state index in [9.17, 15) is 0 Å². The Kier molecular flexibility index (Phi) is 4.27. The largest absolute Gasteiger partial charge is 0.381 e. The molecule has 0 radical (unpaired) electrons. The number of ether oxygens (including phenoxy) is 1. The lowest BCUT2D eigenvalue weighted by molar-refractivity contribution is 0.0664. The molecule has 15 heavy (non-hydrogen) atoms. The van der Waals surface area contributed by atoms with Crippen LogP contribution in [0.2, 0.25) is 0 Å². The molecule has 1 aromatic heterocycles. The highest BCUT2D eigenvalue weighted by atomic mass is 79.9. The first kappa shape index (κ1) is 12.1. The van der Waals surface area contributed by atoms with Gasteiger partial charge in [-0.3, -0.25) is 0 Å². The minimum atomic E-state index is 0.481. The van der Waals surface area contributed by atoms with E-state index in [2.05, 4.69) is 44.8 Å². The first-order valence-electron chi connectivity index (χ1n) is 5.16. The summed E-state index contributed by atoms with van der Waals surface area (Å²) in [6.07, 6.45) is 2.33. The molecule has 0 bridgehead atoms. The number of rotatable bonds is 2. The van der Waals surface area contributed by atoms with E-state index in [1.807, 2.05) is 11.3 Å². The fourth-order valence-electron chi connectivity index (χ4n) is 1.91. The van der Waals surface area contributed by atoms with Crippen molar-refractivity contribution in [2.45, 2.75) is 24.6 Å². The second-order valence-corrected chi connectivity index (χ2v) is 7.05. The van der Waals surface area contributed by atoms with E-state index in [4.69, 9.17) is 4.74 Å². The standard InChI is InChI=1S/C11H14Br2OS/c1-7-6-9(12)11(15-7)10(13)8-2-4-14-5-3-8/h6,8,10H,2-5H2,1H3. The van der Waals surface area contributed by atoms with Crippen LogP contribution in [-0.2, 0) is 4.74 Å². The minimum absolute atomic E-state index is 0.481. The zero-order chi connectivity index (χ0) is 10.8. The van der Waals surface area contributed by atoms with E-state index >= 15 is 0 Å². The quantitative estimate of drug-likeness (QED) is 0.701. The van der Waals surface area contributed by atoms with Crippen LogP contribution in [-0.4, -0.2) is 13.2 Å². The molecule has 1 atom stereocenters. The second-order valence-electron chi connectivity index (χ2n) is 3.92. The summed E-state index contributed by atoms with van der Waals surface area (Å²) in [7, 11) is 0. The molecule has 1 aromatic rings. The highest BCUT2D eigenvalue weighted by Crippen LogP contribution is 2.43. The van der Waals surface area contributed by atoms with Gasteiger partial charge in [-0.25, -0.2) is 0 Å². The second kappa shape index (κ2) is 5.30. The zero-order valence-corrected chi connectivity index (χ0v) is 12.6. The van der Waals surface area contributed by atoms with Gasteiger partial charge in [0.2, 0.25) is 0 Å². The average molecular weight is 354 g/mol. The van der Waals surface area contributed by atoms with E-state index in [0.29, 0.717) is 10.7 Å². The Morgan fingerprint density at radius 2 is 2.13 bits per heavy atom. The van der Waals surface area contributed by atoms with Gasteiger partial charge < -0.3 is 4.74 Å². The lowest BCUT2D eigenvalue weighted by Gasteiger charge is -2.26. The van der Waals surface area contributed by atoms with Crippen LogP contribution in [0.1, 0.15) is 27.4 Å². The summed E-state index contributed by atoms with van der Waals surface area (Å²) in [5.74, 6) is 0.716. The fraction of sp³-hybridized carbons (Fsp3) is 0.636. The third-order valence-electron chi connectivity index (χ3n) is 2.77. The van der Waals surface area contributed by atoms with Gasteiger partial charge >= 0.3 is 0 Å².